The van der Waals surface area contributed by atoms with Gasteiger partial charge < -0.3 is 15.4 Å². The number of ketones is 1. The van der Waals surface area contributed by atoms with Crippen LogP contribution >= 0.6 is 11.6 Å². The fourth-order valence-corrected chi connectivity index (χ4v) is 5.24. The first kappa shape index (κ1) is 34.0. The molecule has 13 heteroatoms. The molecule has 43 heavy (non-hydrogen) atoms. The molecule has 1 aliphatic rings. The average molecular weight is 618 g/mol. The molecular weight excluding hydrogens is 574 g/mol. The molecule has 1 aliphatic heterocycles. The lowest BCUT2D eigenvalue weighted by Gasteiger charge is -2.44. The molecule has 1 fully saturated rings. The number of piperidine rings is 1. The first-order chi connectivity index (χ1) is 20.1. The molecule has 236 valence electrons. The van der Waals surface area contributed by atoms with E-state index in [9.17, 15) is 19.2 Å². The second-order valence-corrected chi connectivity index (χ2v) is 13.2. The average Bonchev–Trinajstić information content (AvgIpc) is 2.90. The highest BCUT2D eigenvalue weighted by molar-refractivity contribution is 6.29. The maximum Gasteiger partial charge on any atom is 0.419 e. The standard InChI is InChI=1S/C30H44ClN7O5/c1-29(2,3)37(20-23(39)21-9-10-24(31)33-19-21)27(41)43-28(42)38(30(4,5)6)22-11-16-35(17-12-22)14-7-8-15-36-18-13-25(32)34-26(36)40/h9-10,13,18-19,22H,7-8,11-12,14-17,20H2,1-6H3,(H2,32,34,40). The largest absolute Gasteiger partial charge is 0.419 e. The number of carbonyl (C=O) groups is 3. The molecule has 0 unspecified atom stereocenters. The predicted octanol–water partition coefficient (Wildman–Crippen LogP) is 4.46. The van der Waals surface area contributed by atoms with Gasteiger partial charge in [-0.25, -0.2) is 19.4 Å². The van der Waals surface area contributed by atoms with Crippen molar-refractivity contribution in [1.29, 1.82) is 0 Å². The lowest BCUT2D eigenvalue weighted by atomic mass is 9.97. The topological polar surface area (TPSA) is 144 Å². The van der Waals surface area contributed by atoms with E-state index < -0.39 is 23.3 Å². The molecule has 2 amide bonds. The van der Waals surface area contributed by atoms with E-state index in [-0.39, 0.29) is 35.0 Å². The van der Waals surface area contributed by atoms with E-state index in [1.54, 1.807) is 48.6 Å². The number of pyridine rings is 1. The number of amides is 2. The highest BCUT2D eigenvalue weighted by Gasteiger charge is 2.39. The van der Waals surface area contributed by atoms with Gasteiger partial charge in [-0.2, -0.15) is 4.98 Å². The van der Waals surface area contributed by atoms with Crippen molar-refractivity contribution in [2.75, 3.05) is 31.9 Å². The van der Waals surface area contributed by atoms with Gasteiger partial charge >= 0.3 is 17.9 Å². The minimum Gasteiger partial charge on any atom is -0.383 e. The zero-order valence-electron chi connectivity index (χ0n) is 26.0. The Morgan fingerprint density at radius 2 is 1.65 bits per heavy atom. The van der Waals surface area contributed by atoms with Gasteiger partial charge in [0, 0.05) is 54.7 Å². The van der Waals surface area contributed by atoms with Crippen LogP contribution in [0.1, 0.15) is 77.6 Å². The monoisotopic (exact) mass is 617 g/mol. The fraction of sp³-hybridized carbons (Fsp3) is 0.600. The third-order valence-corrected chi connectivity index (χ3v) is 7.64. The molecular formula is C30H44ClN7O5. The minimum absolute atomic E-state index is 0.110. The molecule has 3 rings (SSSR count). The third kappa shape index (κ3) is 9.75. The van der Waals surface area contributed by atoms with Crippen LogP contribution in [0.15, 0.2) is 35.4 Å². The summed E-state index contributed by atoms with van der Waals surface area (Å²) in [5.74, 6) is -0.129. The molecule has 0 radical (unpaired) electrons. The molecule has 2 aromatic rings. The van der Waals surface area contributed by atoms with Crippen molar-refractivity contribution in [2.45, 2.75) is 90.9 Å². The summed E-state index contributed by atoms with van der Waals surface area (Å²) in [5, 5.41) is 0.257. The number of ether oxygens (including phenoxy) is 1. The van der Waals surface area contributed by atoms with Crippen LogP contribution in [0.25, 0.3) is 0 Å². The lowest BCUT2D eigenvalue weighted by molar-refractivity contribution is 0.0227. The van der Waals surface area contributed by atoms with Gasteiger partial charge in [0.05, 0.1) is 6.54 Å². The molecule has 0 saturated carbocycles. The number of nitrogens with two attached hydrogens (primary N) is 1. The Hall–Kier alpha value is -3.51. The second-order valence-electron chi connectivity index (χ2n) is 12.8. The van der Waals surface area contributed by atoms with E-state index >= 15 is 0 Å². The smallest absolute Gasteiger partial charge is 0.383 e. The number of nitrogen functional groups attached to an aromatic ring is 1. The SMILES string of the molecule is CC(C)(C)N(CC(=O)c1ccc(Cl)nc1)C(=O)OC(=O)N(C1CCN(CCCCn2ccc(N)nc2=O)CC1)C(C)(C)C. The lowest BCUT2D eigenvalue weighted by Crippen LogP contribution is -2.57. The van der Waals surface area contributed by atoms with Crippen molar-refractivity contribution in [2.24, 2.45) is 0 Å². The van der Waals surface area contributed by atoms with Crippen LogP contribution < -0.4 is 11.4 Å². The van der Waals surface area contributed by atoms with Crippen LogP contribution in [0, 0.1) is 0 Å². The molecule has 2 N–H and O–H groups in total. The number of carbonyl (C=O) groups excluding carboxylic acids is 3. The van der Waals surface area contributed by atoms with E-state index in [1.807, 2.05) is 20.8 Å². The molecule has 12 nitrogen and oxygen atoms in total. The maximum absolute atomic E-state index is 13.5. The Morgan fingerprint density at radius 1 is 1.00 bits per heavy atom. The first-order valence-electron chi connectivity index (χ1n) is 14.6. The predicted molar refractivity (Wildman–Crippen MR) is 165 cm³/mol. The van der Waals surface area contributed by atoms with E-state index in [1.165, 1.54) is 17.2 Å². The normalized spacial score (nSPS) is 14.8. The summed E-state index contributed by atoms with van der Waals surface area (Å²) in [7, 11) is 0. The molecule has 3 heterocycles. The van der Waals surface area contributed by atoms with Gasteiger partial charge in [0.1, 0.15) is 11.0 Å². The molecule has 1 saturated heterocycles. The van der Waals surface area contributed by atoms with E-state index in [2.05, 4.69) is 14.9 Å². The van der Waals surface area contributed by atoms with Crippen molar-refractivity contribution in [3.05, 3.63) is 51.8 Å². The van der Waals surface area contributed by atoms with Gasteiger partial charge in [-0.15, -0.1) is 0 Å². The van der Waals surface area contributed by atoms with Crippen molar-refractivity contribution in [3.63, 3.8) is 0 Å². The zero-order chi connectivity index (χ0) is 31.9. The van der Waals surface area contributed by atoms with Crippen molar-refractivity contribution >= 4 is 35.4 Å². The van der Waals surface area contributed by atoms with Crippen LogP contribution in [-0.2, 0) is 11.3 Å². The Bertz CT molecular complexity index is 1330. The first-order valence-corrected chi connectivity index (χ1v) is 15.0. The third-order valence-electron chi connectivity index (χ3n) is 7.42. The summed E-state index contributed by atoms with van der Waals surface area (Å²) in [6.07, 6.45) is 4.61. The highest BCUT2D eigenvalue weighted by atomic mass is 35.5. The Labute approximate surface area is 258 Å². The minimum atomic E-state index is -0.880. The second kappa shape index (κ2) is 14.3. The van der Waals surface area contributed by atoms with E-state index in [0.29, 0.717) is 12.1 Å². The van der Waals surface area contributed by atoms with Crippen LogP contribution in [0.4, 0.5) is 15.4 Å². The van der Waals surface area contributed by atoms with Gasteiger partial charge in [-0.05, 0) is 92.0 Å². The number of likely N-dealkylation sites (tertiary alicyclic amines) is 1. The summed E-state index contributed by atoms with van der Waals surface area (Å²) in [6, 6.07) is 4.56. The number of halogens is 1. The number of nitrogens with zero attached hydrogens (tertiary/aromatic N) is 6. The number of rotatable bonds is 9. The summed E-state index contributed by atoms with van der Waals surface area (Å²) in [6.45, 7) is 13.8. The molecule has 0 bridgehead atoms. The molecule has 0 spiro atoms. The summed E-state index contributed by atoms with van der Waals surface area (Å²) < 4.78 is 6.99. The van der Waals surface area contributed by atoms with Gasteiger partial charge in [0.25, 0.3) is 0 Å². The van der Waals surface area contributed by atoms with Crippen molar-refractivity contribution < 1.29 is 19.1 Å². The molecule has 0 aromatic carbocycles. The molecule has 0 atom stereocenters. The van der Waals surface area contributed by atoms with Crippen LogP contribution in [0.5, 0.6) is 0 Å². The van der Waals surface area contributed by atoms with E-state index in [4.69, 9.17) is 22.1 Å². The summed E-state index contributed by atoms with van der Waals surface area (Å²) >= 11 is 5.83. The van der Waals surface area contributed by atoms with Crippen LogP contribution in [0.3, 0.4) is 0 Å². The number of hydrogen-bond acceptors (Lipinski definition) is 9. The molecule has 2 aromatic heterocycles. The number of aryl methyl sites for hydroxylation is 1. The Morgan fingerprint density at radius 3 is 2.21 bits per heavy atom. The Balaban J connectivity index is 1.56. The number of aromatic nitrogens is 3. The zero-order valence-corrected chi connectivity index (χ0v) is 26.8. The van der Waals surface area contributed by atoms with Gasteiger partial charge in [0.15, 0.2) is 5.78 Å². The highest BCUT2D eigenvalue weighted by Crippen LogP contribution is 2.27. The number of unbranched alkanes of at least 4 members (excludes halogenated alkanes) is 1. The Kier molecular flexibility index (Phi) is 11.3. The van der Waals surface area contributed by atoms with Crippen LogP contribution in [0.2, 0.25) is 5.15 Å². The van der Waals surface area contributed by atoms with Gasteiger partial charge in [0.2, 0.25) is 0 Å². The van der Waals surface area contributed by atoms with Crippen molar-refractivity contribution in [1.82, 2.24) is 29.2 Å². The van der Waals surface area contributed by atoms with Gasteiger partial charge in [-0.1, -0.05) is 11.6 Å². The number of hydrogen-bond donors (Lipinski definition) is 1. The quantitative estimate of drug-likeness (QED) is 0.187. The molecule has 0 aliphatic carbocycles. The summed E-state index contributed by atoms with van der Waals surface area (Å²) in [5.41, 5.74) is 4.13. The van der Waals surface area contributed by atoms with Crippen molar-refractivity contribution in [3.8, 4) is 0 Å². The summed E-state index contributed by atoms with van der Waals surface area (Å²) in [4.78, 5) is 64.6. The number of Topliss-reactive ketones (excluding diaryl/α,β-unsaturated/α-hetero) is 1. The maximum atomic E-state index is 13.5. The fourth-order valence-electron chi connectivity index (χ4n) is 5.13. The van der Waals surface area contributed by atoms with Gasteiger partial charge in [-0.3, -0.25) is 19.2 Å². The number of anilines is 1. The van der Waals surface area contributed by atoms with E-state index in [0.717, 1.165) is 45.3 Å². The van der Waals surface area contributed by atoms with Crippen LogP contribution in [-0.4, -0.2) is 90.5 Å².